The lowest BCUT2D eigenvalue weighted by molar-refractivity contribution is -0.142. The highest BCUT2D eigenvalue weighted by Gasteiger charge is 2.36. The molecule has 0 spiro atoms. The fourth-order valence-corrected chi connectivity index (χ4v) is 4.57. The van der Waals surface area contributed by atoms with Gasteiger partial charge in [-0.05, 0) is 63.8 Å². The van der Waals surface area contributed by atoms with Crippen LogP contribution in [-0.4, -0.2) is 53.7 Å². The predicted octanol–water partition coefficient (Wildman–Crippen LogP) is 3.49. The maximum absolute atomic E-state index is 13.1. The van der Waals surface area contributed by atoms with Gasteiger partial charge in [0.1, 0.15) is 5.82 Å². The minimum Gasteiger partial charge on any atom is -0.351 e. The Morgan fingerprint density at radius 1 is 1.00 bits per heavy atom. The van der Waals surface area contributed by atoms with Gasteiger partial charge in [-0.3, -0.25) is 14.4 Å². The van der Waals surface area contributed by atoms with Crippen LogP contribution in [0.1, 0.15) is 62.7 Å². The number of hydrogen-bond donors (Lipinski definition) is 2. The van der Waals surface area contributed by atoms with Crippen LogP contribution in [0.5, 0.6) is 0 Å². The molecule has 2 fully saturated rings. The van der Waals surface area contributed by atoms with Gasteiger partial charge in [0.2, 0.25) is 11.8 Å². The summed E-state index contributed by atoms with van der Waals surface area (Å²) in [6.45, 7) is 4.77. The third-order valence-corrected chi connectivity index (χ3v) is 7.25. The van der Waals surface area contributed by atoms with Gasteiger partial charge in [0.25, 0.3) is 5.91 Å². The molecule has 1 saturated heterocycles. The molecule has 2 aliphatic rings. The van der Waals surface area contributed by atoms with Crippen molar-refractivity contribution in [3.63, 3.8) is 0 Å². The molecule has 2 atom stereocenters. The molecular formula is C24H33ClFN3O3. The molecule has 3 rings (SSSR count). The number of nitrogens with one attached hydrogen (secondary N) is 2. The third-order valence-electron chi connectivity index (χ3n) is 6.58. The maximum Gasteiger partial charge on any atom is 0.251 e. The van der Waals surface area contributed by atoms with Crippen LogP contribution in [0.3, 0.4) is 0 Å². The zero-order valence-electron chi connectivity index (χ0n) is 18.8. The quantitative estimate of drug-likeness (QED) is 0.631. The van der Waals surface area contributed by atoms with E-state index in [9.17, 15) is 18.8 Å². The molecule has 2 N–H and O–H groups in total. The van der Waals surface area contributed by atoms with Gasteiger partial charge in [-0.15, -0.1) is 11.6 Å². The number of piperidine rings is 1. The minimum absolute atomic E-state index is 0.0124. The number of carbonyl (C=O) groups is 3. The van der Waals surface area contributed by atoms with Crippen LogP contribution in [0.4, 0.5) is 4.39 Å². The highest BCUT2D eigenvalue weighted by atomic mass is 35.5. The number of rotatable bonds is 6. The molecule has 0 aromatic heterocycles. The van der Waals surface area contributed by atoms with Gasteiger partial charge >= 0.3 is 0 Å². The Bertz CT molecular complexity index is 822. The van der Waals surface area contributed by atoms with Gasteiger partial charge in [-0.25, -0.2) is 4.39 Å². The summed E-state index contributed by atoms with van der Waals surface area (Å²) in [6.07, 6.45) is 4.82. The number of carbonyl (C=O) groups excluding carboxylic acids is 3. The summed E-state index contributed by atoms with van der Waals surface area (Å²) in [4.78, 5) is 39.9. The molecule has 1 heterocycles. The van der Waals surface area contributed by atoms with Crippen LogP contribution in [0.25, 0.3) is 0 Å². The van der Waals surface area contributed by atoms with E-state index < -0.39 is 5.41 Å². The molecule has 0 bridgehead atoms. The molecule has 6 nitrogen and oxygen atoms in total. The lowest BCUT2D eigenvalue weighted by Gasteiger charge is -2.37. The fourth-order valence-electron chi connectivity index (χ4n) is 4.46. The Morgan fingerprint density at radius 2 is 1.56 bits per heavy atom. The molecule has 32 heavy (non-hydrogen) atoms. The van der Waals surface area contributed by atoms with Crippen molar-refractivity contribution in [2.75, 3.05) is 19.0 Å². The standard InChI is InChI=1S/C24H33ClFN3O3/c1-24(2,15-25)23(32)29-13-11-17(12-14-29)22(31)28-20-6-4-3-5-19(20)27-21(30)16-7-9-18(26)10-8-16/h7-10,17,19-20H,3-6,11-15H2,1-2H3,(H,27,30)(H,28,31)/t19-,20-/m1/s1. The van der Waals surface area contributed by atoms with Crippen molar-refractivity contribution in [3.05, 3.63) is 35.6 Å². The van der Waals surface area contributed by atoms with Gasteiger partial charge in [0.05, 0.1) is 5.41 Å². The molecule has 0 radical (unpaired) electrons. The number of likely N-dealkylation sites (tertiary alicyclic amines) is 1. The zero-order chi connectivity index (χ0) is 23.3. The Labute approximate surface area is 194 Å². The smallest absolute Gasteiger partial charge is 0.251 e. The van der Waals surface area contributed by atoms with Crippen molar-refractivity contribution >= 4 is 29.3 Å². The lowest BCUT2D eigenvalue weighted by atomic mass is 9.88. The average Bonchev–Trinajstić information content (AvgIpc) is 2.80. The van der Waals surface area contributed by atoms with Crippen molar-refractivity contribution in [2.45, 2.75) is 64.5 Å². The number of hydrogen-bond acceptors (Lipinski definition) is 3. The fraction of sp³-hybridized carbons (Fsp3) is 0.625. The highest BCUT2D eigenvalue weighted by Crippen LogP contribution is 2.26. The van der Waals surface area contributed by atoms with E-state index in [1.165, 1.54) is 24.3 Å². The second-order valence-electron chi connectivity index (χ2n) is 9.57. The number of nitrogens with zero attached hydrogens (tertiary/aromatic N) is 1. The lowest BCUT2D eigenvalue weighted by Crippen LogP contribution is -2.55. The molecule has 1 aromatic rings. The van der Waals surface area contributed by atoms with Crippen molar-refractivity contribution in [1.82, 2.24) is 15.5 Å². The summed E-state index contributed by atoms with van der Waals surface area (Å²) < 4.78 is 13.1. The SMILES string of the molecule is CC(C)(CCl)C(=O)N1CCC(C(=O)N[C@@H]2CCCC[C@H]2NC(=O)c2ccc(F)cc2)CC1. The number of amides is 3. The normalized spacial score (nSPS) is 22.3. The Morgan fingerprint density at radius 3 is 2.12 bits per heavy atom. The topological polar surface area (TPSA) is 78.5 Å². The predicted molar refractivity (Wildman–Crippen MR) is 122 cm³/mol. The summed E-state index contributed by atoms with van der Waals surface area (Å²) in [5.74, 6) is -0.510. The van der Waals surface area contributed by atoms with Crippen LogP contribution in [0, 0.1) is 17.2 Å². The van der Waals surface area contributed by atoms with E-state index in [-0.39, 0.29) is 47.4 Å². The van der Waals surface area contributed by atoms with Gasteiger partial charge in [0.15, 0.2) is 0 Å². The van der Waals surface area contributed by atoms with Gasteiger partial charge in [0, 0.05) is 42.5 Å². The molecule has 1 aliphatic carbocycles. The Kier molecular flexibility index (Phi) is 8.15. The van der Waals surface area contributed by atoms with Crippen LogP contribution in [0.15, 0.2) is 24.3 Å². The summed E-state index contributed by atoms with van der Waals surface area (Å²) in [5, 5.41) is 6.17. The van der Waals surface area contributed by atoms with E-state index in [4.69, 9.17) is 11.6 Å². The molecule has 0 unspecified atom stereocenters. The van der Waals surface area contributed by atoms with E-state index in [1.807, 2.05) is 13.8 Å². The van der Waals surface area contributed by atoms with Crippen molar-refractivity contribution in [3.8, 4) is 0 Å². The van der Waals surface area contributed by atoms with E-state index >= 15 is 0 Å². The molecule has 1 aliphatic heterocycles. The second-order valence-corrected chi connectivity index (χ2v) is 9.84. The van der Waals surface area contributed by atoms with Gasteiger partial charge in [-0.2, -0.15) is 0 Å². The van der Waals surface area contributed by atoms with Gasteiger partial charge < -0.3 is 15.5 Å². The summed E-state index contributed by atoms with van der Waals surface area (Å²) in [7, 11) is 0. The van der Waals surface area contributed by atoms with E-state index in [0.717, 1.165) is 25.7 Å². The molecule has 1 saturated carbocycles. The monoisotopic (exact) mass is 465 g/mol. The largest absolute Gasteiger partial charge is 0.351 e. The molecule has 176 valence electrons. The number of alkyl halides is 1. The van der Waals surface area contributed by atoms with Crippen molar-refractivity contribution in [1.29, 1.82) is 0 Å². The summed E-state index contributed by atoms with van der Waals surface area (Å²) in [5.41, 5.74) is -0.201. The Balaban J connectivity index is 1.53. The minimum atomic E-state index is -0.602. The molecule has 1 aromatic carbocycles. The van der Waals surface area contributed by atoms with Crippen LogP contribution in [0.2, 0.25) is 0 Å². The van der Waals surface area contributed by atoms with Gasteiger partial charge in [-0.1, -0.05) is 12.8 Å². The van der Waals surface area contributed by atoms with E-state index in [1.54, 1.807) is 4.90 Å². The van der Waals surface area contributed by atoms with Crippen LogP contribution < -0.4 is 10.6 Å². The second kappa shape index (κ2) is 10.6. The molecule has 8 heteroatoms. The van der Waals surface area contributed by atoms with Crippen LogP contribution in [-0.2, 0) is 9.59 Å². The first-order chi connectivity index (χ1) is 15.2. The summed E-state index contributed by atoms with van der Waals surface area (Å²) in [6, 6.07) is 5.16. The maximum atomic E-state index is 13.1. The number of benzene rings is 1. The highest BCUT2D eigenvalue weighted by molar-refractivity contribution is 6.19. The Hall–Kier alpha value is -2.15. The molecule has 3 amide bonds. The average molecular weight is 466 g/mol. The first-order valence-electron chi connectivity index (χ1n) is 11.4. The first-order valence-corrected chi connectivity index (χ1v) is 12.0. The van der Waals surface area contributed by atoms with Crippen LogP contribution >= 0.6 is 11.6 Å². The molecular weight excluding hydrogens is 433 g/mol. The number of halogens is 2. The first kappa shape index (κ1) is 24.5. The zero-order valence-corrected chi connectivity index (χ0v) is 19.6. The van der Waals surface area contributed by atoms with E-state index in [0.29, 0.717) is 31.5 Å². The van der Waals surface area contributed by atoms with E-state index in [2.05, 4.69) is 10.6 Å². The van der Waals surface area contributed by atoms with Crippen molar-refractivity contribution < 1.29 is 18.8 Å². The third kappa shape index (κ3) is 6.00. The van der Waals surface area contributed by atoms with Crippen molar-refractivity contribution in [2.24, 2.45) is 11.3 Å². The summed E-state index contributed by atoms with van der Waals surface area (Å²) >= 11 is 5.93.